The lowest BCUT2D eigenvalue weighted by atomic mass is 10.1. The Labute approximate surface area is 196 Å². The highest BCUT2D eigenvalue weighted by Crippen LogP contribution is 2.47. The number of amides is 2. The zero-order valence-corrected chi connectivity index (χ0v) is 19.7. The number of fused-ring (bicyclic) bond motifs is 1. The van der Waals surface area contributed by atoms with Crippen molar-refractivity contribution >= 4 is 23.1 Å². The van der Waals surface area contributed by atoms with Gasteiger partial charge in [-0.1, -0.05) is 6.92 Å². The summed E-state index contributed by atoms with van der Waals surface area (Å²) in [5.74, 6) is -0.618. The highest BCUT2D eigenvalue weighted by Gasteiger charge is 2.54. The SMILES string of the molecule is Cc1nn(C)c(C)c1-c1cn2ncc(C(N)=O)c(N[C@@H]3CN(C(=O)C4(C#N)CC4)C[C@H]3C)c2n1. The molecule has 0 aromatic carbocycles. The van der Waals surface area contributed by atoms with Gasteiger partial charge in [-0.2, -0.15) is 15.5 Å². The van der Waals surface area contributed by atoms with Crippen LogP contribution < -0.4 is 11.1 Å². The molecule has 1 saturated carbocycles. The Bertz CT molecular complexity index is 1380. The van der Waals surface area contributed by atoms with Gasteiger partial charge in [-0.3, -0.25) is 14.3 Å². The maximum Gasteiger partial charge on any atom is 0.252 e. The molecule has 5 rings (SSSR count). The number of nitrogens with zero attached hydrogens (tertiary/aromatic N) is 7. The molecule has 11 nitrogen and oxygen atoms in total. The van der Waals surface area contributed by atoms with Crippen molar-refractivity contribution < 1.29 is 9.59 Å². The Morgan fingerprint density at radius 3 is 2.62 bits per heavy atom. The van der Waals surface area contributed by atoms with E-state index in [1.54, 1.807) is 20.3 Å². The average Bonchev–Trinajstić information content (AvgIpc) is 3.24. The number of anilines is 1. The molecule has 0 radical (unpaired) electrons. The fraction of sp³-hybridized carbons (Fsp3) is 0.478. The molecule has 1 aliphatic heterocycles. The molecule has 2 atom stereocenters. The first-order chi connectivity index (χ1) is 16.1. The predicted molar refractivity (Wildman–Crippen MR) is 124 cm³/mol. The van der Waals surface area contributed by atoms with Crippen LogP contribution in [0.4, 0.5) is 5.69 Å². The summed E-state index contributed by atoms with van der Waals surface area (Å²) in [6.45, 7) is 6.91. The first-order valence-electron chi connectivity index (χ1n) is 11.3. The number of likely N-dealkylation sites (tertiary alicyclic amines) is 1. The molecule has 3 aromatic rings. The zero-order valence-electron chi connectivity index (χ0n) is 19.7. The van der Waals surface area contributed by atoms with Gasteiger partial charge in [0, 0.05) is 37.4 Å². The number of carbonyl (C=O) groups is 2. The lowest BCUT2D eigenvalue weighted by Gasteiger charge is -2.21. The topological polar surface area (TPSA) is 147 Å². The summed E-state index contributed by atoms with van der Waals surface area (Å²) in [5, 5.41) is 21.7. The second kappa shape index (κ2) is 7.55. The van der Waals surface area contributed by atoms with Crippen LogP contribution in [0.2, 0.25) is 0 Å². The molecule has 4 heterocycles. The van der Waals surface area contributed by atoms with E-state index in [9.17, 15) is 14.9 Å². The van der Waals surface area contributed by atoms with Gasteiger partial charge in [-0.25, -0.2) is 9.50 Å². The third-order valence-corrected chi connectivity index (χ3v) is 7.13. The number of nitrogens with one attached hydrogen (secondary N) is 1. The average molecular weight is 462 g/mol. The summed E-state index contributed by atoms with van der Waals surface area (Å²) in [6, 6.07) is 2.05. The van der Waals surface area contributed by atoms with Gasteiger partial charge in [0.05, 0.1) is 41.1 Å². The minimum atomic E-state index is -0.853. The quantitative estimate of drug-likeness (QED) is 0.584. The maximum atomic E-state index is 12.9. The molecule has 34 heavy (non-hydrogen) atoms. The summed E-state index contributed by atoms with van der Waals surface area (Å²) in [4.78, 5) is 31.7. The van der Waals surface area contributed by atoms with E-state index in [1.165, 1.54) is 6.20 Å². The molecule has 2 amide bonds. The summed E-state index contributed by atoms with van der Waals surface area (Å²) >= 11 is 0. The predicted octanol–water partition coefficient (Wildman–Crippen LogP) is 1.41. The van der Waals surface area contributed by atoms with E-state index < -0.39 is 11.3 Å². The molecule has 2 fully saturated rings. The Hall–Kier alpha value is -3.94. The van der Waals surface area contributed by atoms with Crippen LogP contribution in [0.15, 0.2) is 12.4 Å². The summed E-state index contributed by atoms with van der Waals surface area (Å²) in [5.41, 5.74) is 9.44. The Kier molecular flexibility index (Phi) is 4.86. The van der Waals surface area contributed by atoms with Crippen LogP contribution in [0, 0.1) is 36.5 Å². The van der Waals surface area contributed by atoms with Crippen LogP contribution in [-0.4, -0.2) is 60.2 Å². The standard InChI is InChI=1S/C23H27N9O2/c1-12-8-31(22(34)23(11-24)5-6-23)9-16(12)27-19-15(20(25)33)7-26-32-10-17(28-21(19)32)18-13(2)29-30(4)14(18)3/h7,10,12,16,27H,5-6,8-9H2,1-4H3,(H2,25,33)/t12-,16-/m1/s1. The van der Waals surface area contributed by atoms with Gasteiger partial charge in [0.1, 0.15) is 5.41 Å². The minimum Gasteiger partial charge on any atom is -0.376 e. The lowest BCUT2D eigenvalue weighted by molar-refractivity contribution is -0.134. The number of aromatic nitrogens is 5. The van der Waals surface area contributed by atoms with E-state index in [0.29, 0.717) is 43.0 Å². The number of hydrogen-bond acceptors (Lipinski definition) is 7. The molecule has 3 aromatic heterocycles. The summed E-state index contributed by atoms with van der Waals surface area (Å²) in [6.07, 6.45) is 4.47. The van der Waals surface area contributed by atoms with Gasteiger partial charge < -0.3 is 16.0 Å². The zero-order chi connectivity index (χ0) is 24.4. The van der Waals surface area contributed by atoms with Crippen LogP contribution in [0.3, 0.4) is 0 Å². The van der Waals surface area contributed by atoms with E-state index >= 15 is 0 Å². The number of hydrogen-bond donors (Lipinski definition) is 2. The number of aryl methyl sites for hydroxylation is 2. The maximum absolute atomic E-state index is 12.9. The molecule has 11 heteroatoms. The molecule has 176 valence electrons. The summed E-state index contributed by atoms with van der Waals surface area (Å²) < 4.78 is 3.42. The molecule has 1 saturated heterocycles. The number of rotatable bonds is 5. The number of nitrogens with two attached hydrogens (primary N) is 1. The van der Waals surface area contributed by atoms with Crippen molar-refractivity contribution in [3.63, 3.8) is 0 Å². The highest BCUT2D eigenvalue weighted by molar-refractivity contribution is 6.01. The molecular formula is C23H27N9O2. The summed E-state index contributed by atoms with van der Waals surface area (Å²) in [7, 11) is 1.88. The van der Waals surface area contributed by atoms with E-state index in [4.69, 9.17) is 10.7 Å². The lowest BCUT2D eigenvalue weighted by Crippen LogP contribution is -2.36. The van der Waals surface area contributed by atoms with Crippen molar-refractivity contribution in [1.82, 2.24) is 29.3 Å². The normalized spacial score (nSPS) is 21.0. The first kappa shape index (κ1) is 21.9. The molecule has 3 N–H and O–H groups in total. The van der Waals surface area contributed by atoms with Crippen molar-refractivity contribution in [2.75, 3.05) is 18.4 Å². The minimum absolute atomic E-state index is 0.102. The second-order valence-electron chi connectivity index (χ2n) is 9.49. The van der Waals surface area contributed by atoms with Gasteiger partial charge in [-0.05, 0) is 32.6 Å². The van der Waals surface area contributed by atoms with Gasteiger partial charge in [0.2, 0.25) is 5.91 Å². The first-order valence-corrected chi connectivity index (χ1v) is 11.3. The Morgan fingerprint density at radius 2 is 2.03 bits per heavy atom. The van der Waals surface area contributed by atoms with Gasteiger partial charge >= 0.3 is 0 Å². The van der Waals surface area contributed by atoms with Crippen molar-refractivity contribution in [2.24, 2.45) is 24.1 Å². The number of carbonyl (C=O) groups excluding carboxylic acids is 2. The van der Waals surface area contributed by atoms with E-state index in [-0.39, 0.29) is 23.4 Å². The molecular weight excluding hydrogens is 434 g/mol. The fourth-order valence-electron chi connectivity index (χ4n) is 4.84. The Morgan fingerprint density at radius 1 is 1.29 bits per heavy atom. The molecule has 0 bridgehead atoms. The molecule has 0 unspecified atom stereocenters. The largest absolute Gasteiger partial charge is 0.376 e. The van der Waals surface area contributed by atoms with Crippen molar-refractivity contribution in [3.8, 4) is 17.3 Å². The second-order valence-corrected chi connectivity index (χ2v) is 9.49. The smallest absolute Gasteiger partial charge is 0.252 e. The fourth-order valence-corrected chi connectivity index (χ4v) is 4.84. The molecule has 0 spiro atoms. The van der Waals surface area contributed by atoms with E-state index in [1.807, 2.05) is 27.8 Å². The van der Waals surface area contributed by atoms with Crippen LogP contribution in [0.1, 0.15) is 41.5 Å². The van der Waals surface area contributed by atoms with Crippen LogP contribution >= 0.6 is 0 Å². The Balaban J connectivity index is 1.51. The monoisotopic (exact) mass is 461 g/mol. The third-order valence-electron chi connectivity index (χ3n) is 7.13. The number of imidazole rings is 1. The van der Waals surface area contributed by atoms with Gasteiger partial charge in [-0.15, -0.1) is 0 Å². The van der Waals surface area contributed by atoms with E-state index in [0.717, 1.165) is 17.0 Å². The third kappa shape index (κ3) is 3.29. The number of nitriles is 1. The highest BCUT2D eigenvalue weighted by atomic mass is 16.2. The van der Waals surface area contributed by atoms with Crippen molar-refractivity contribution in [1.29, 1.82) is 5.26 Å². The number of primary amides is 1. The van der Waals surface area contributed by atoms with Crippen LogP contribution in [0.5, 0.6) is 0 Å². The van der Waals surface area contributed by atoms with Gasteiger partial charge in [0.15, 0.2) is 5.65 Å². The van der Waals surface area contributed by atoms with Crippen molar-refractivity contribution in [2.45, 2.75) is 39.7 Å². The van der Waals surface area contributed by atoms with E-state index in [2.05, 4.69) is 21.6 Å². The molecule has 1 aliphatic carbocycles. The van der Waals surface area contributed by atoms with Crippen LogP contribution in [-0.2, 0) is 11.8 Å². The van der Waals surface area contributed by atoms with Crippen molar-refractivity contribution in [3.05, 3.63) is 29.3 Å². The van der Waals surface area contributed by atoms with Gasteiger partial charge in [0.25, 0.3) is 5.91 Å². The van der Waals surface area contributed by atoms with Crippen LogP contribution in [0.25, 0.3) is 16.9 Å². The molecule has 2 aliphatic rings.